The first-order valence-electron chi connectivity index (χ1n) is 6.10. The molecular formula is C13H18O4. The van der Waals surface area contributed by atoms with Gasteiger partial charge >= 0.3 is 11.9 Å². The van der Waals surface area contributed by atoms with Crippen LogP contribution in [0.15, 0.2) is 11.1 Å². The topological polar surface area (TPSA) is 63.6 Å². The Hall–Kier alpha value is -1.32. The molecule has 4 heteroatoms. The van der Waals surface area contributed by atoms with Gasteiger partial charge in [-0.15, -0.1) is 0 Å². The van der Waals surface area contributed by atoms with E-state index in [1.165, 1.54) is 0 Å². The van der Waals surface area contributed by atoms with Crippen molar-refractivity contribution in [2.75, 3.05) is 0 Å². The van der Waals surface area contributed by atoms with Crippen molar-refractivity contribution in [3.8, 4) is 0 Å². The van der Waals surface area contributed by atoms with Gasteiger partial charge < -0.3 is 9.84 Å². The van der Waals surface area contributed by atoms with Crippen molar-refractivity contribution in [1.29, 1.82) is 0 Å². The molecule has 3 unspecified atom stereocenters. The summed E-state index contributed by atoms with van der Waals surface area (Å²) in [6.07, 6.45) is 1.50. The molecule has 0 heterocycles. The lowest BCUT2D eigenvalue weighted by Gasteiger charge is -2.21. The lowest BCUT2D eigenvalue weighted by Crippen LogP contribution is -2.24. The number of fused-ring (bicyclic) bond motifs is 2. The molecule has 17 heavy (non-hydrogen) atoms. The van der Waals surface area contributed by atoms with E-state index in [2.05, 4.69) is 6.92 Å². The van der Waals surface area contributed by atoms with Gasteiger partial charge in [-0.25, -0.2) is 9.59 Å². The minimum Gasteiger partial charge on any atom is -0.478 e. The van der Waals surface area contributed by atoms with Gasteiger partial charge in [-0.2, -0.15) is 0 Å². The smallest absolute Gasteiger partial charge is 0.335 e. The first-order chi connectivity index (χ1) is 7.91. The molecule has 0 radical (unpaired) electrons. The van der Waals surface area contributed by atoms with Crippen LogP contribution >= 0.6 is 0 Å². The highest BCUT2D eigenvalue weighted by molar-refractivity contribution is 6.01. The van der Waals surface area contributed by atoms with E-state index in [-0.39, 0.29) is 17.9 Å². The van der Waals surface area contributed by atoms with Gasteiger partial charge in [0.05, 0.1) is 17.3 Å². The molecule has 1 saturated carbocycles. The molecule has 0 aliphatic heterocycles. The van der Waals surface area contributed by atoms with Gasteiger partial charge in [-0.1, -0.05) is 6.92 Å². The van der Waals surface area contributed by atoms with Gasteiger partial charge in [-0.05, 0) is 44.4 Å². The molecule has 2 rings (SSSR count). The Morgan fingerprint density at radius 2 is 1.94 bits per heavy atom. The van der Waals surface area contributed by atoms with Crippen molar-refractivity contribution in [3.63, 3.8) is 0 Å². The summed E-state index contributed by atoms with van der Waals surface area (Å²) in [5, 5.41) is 9.24. The number of carbonyl (C=O) groups excluding carboxylic acids is 1. The highest BCUT2D eigenvalue weighted by atomic mass is 16.5. The van der Waals surface area contributed by atoms with Crippen molar-refractivity contribution in [2.45, 2.75) is 39.7 Å². The molecule has 0 aromatic carbocycles. The molecule has 0 aromatic rings. The second-order valence-electron chi connectivity index (χ2n) is 5.34. The number of rotatable bonds is 3. The Labute approximate surface area is 101 Å². The molecule has 0 aromatic heterocycles. The van der Waals surface area contributed by atoms with Gasteiger partial charge in [0.2, 0.25) is 0 Å². The number of carbonyl (C=O) groups is 2. The van der Waals surface area contributed by atoms with Crippen LogP contribution in [-0.4, -0.2) is 23.1 Å². The number of hydrogen-bond acceptors (Lipinski definition) is 3. The number of ether oxygens (including phenoxy) is 1. The molecule has 1 fully saturated rings. The molecule has 4 nitrogen and oxygen atoms in total. The summed E-state index contributed by atoms with van der Waals surface area (Å²) in [7, 11) is 0. The standard InChI is InChI=1S/C13H18O4/c1-6(2)17-13(16)10-8-4-7(3)9(5-8)11(10)12(14)15/h6-9H,4-5H2,1-3H3,(H,14,15). The number of carboxylic acid groups (broad SMARTS) is 1. The monoisotopic (exact) mass is 238 g/mol. The summed E-state index contributed by atoms with van der Waals surface area (Å²) in [5.41, 5.74) is 0.730. The minimum absolute atomic E-state index is 0.0345. The molecule has 0 saturated heterocycles. The average Bonchev–Trinajstić information content (AvgIpc) is 2.71. The maximum absolute atomic E-state index is 11.9. The van der Waals surface area contributed by atoms with Crippen LogP contribution in [0.3, 0.4) is 0 Å². The lowest BCUT2D eigenvalue weighted by molar-refractivity contribution is -0.144. The zero-order valence-electron chi connectivity index (χ0n) is 10.4. The molecule has 1 N–H and O–H groups in total. The SMILES string of the molecule is CC(C)OC(=O)C1=C(C(=O)O)C2CC1CC2C. The fraction of sp³-hybridized carbons (Fsp3) is 0.692. The number of carboxylic acids is 1. The predicted octanol–water partition coefficient (Wildman–Crippen LogP) is 2.00. The number of hydrogen-bond donors (Lipinski definition) is 1. The van der Waals surface area contributed by atoms with Crippen LogP contribution in [0.2, 0.25) is 0 Å². The molecule has 0 amide bonds. The van der Waals surface area contributed by atoms with Crippen LogP contribution in [0.1, 0.15) is 33.6 Å². The summed E-state index contributed by atoms with van der Waals surface area (Å²) in [5.74, 6) is -0.905. The highest BCUT2D eigenvalue weighted by Crippen LogP contribution is 2.52. The zero-order chi connectivity index (χ0) is 12.7. The average molecular weight is 238 g/mol. The summed E-state index contributed by atoms with van der Waals surface area (Å²) < 4.78 is 5.14. The second kappa shape index (κ2) is 4.17. The Bertz CT molecular complexity index is 394. The van der Waals surface area contributed by atoms with E-state index in [1.807, 2.05) is 0 Å². The fourth-order valence-corrected chi connectivity index (χ4v) is 3.13. The molecular weight excluding hydrogens is 220 g/mol. The maximum atomic E-state index is 11.9. The van der Waals surface area contributed by atoms with Crippen LogP contribution < -0.4 is 0 Å². The van der Waals surface area contributed by atoms with Gasteiger partial charge in [0, 0.05) is 0 Å². The summed E-state index contributed by atoms with van der Waals surface area (Å²) in [6.45, 7) is 5.60. The van der Waals surface area contributed by atoms with E-state index in [0.29, 0.717) is 17.1 Å². The number of esters is 1. The maximum Gasteiger partial charge on any atom is 0.335 e. The summed E-state index contributed by atoms with van der Waals surface area (Å²) in [4.78, 5) is 23.2. The summed E-state index contributed by atoms with van der Waals surface area (Å²) >= 11 is 0. The molecule has 3 atom stereocenters. The fourth-order valence-electron chi connectivity index (χ4n) is 3.13. The van der Waals surface area contributed by atoms with E-state index in [9.17, 15) is 14.7 Å². The number of aliphatic carboxylic acids is 1. The van der Waals surface area contributed by atoms with Gasteiger partial charge in [0.25, 0.3) is 0 Å². The van der Waals surface area contributed by atoms with Crippen molar-refractivity contribution in [3.05, 3.63) is 11.1 Å². The van der Waals surface area contributed by atoms with E-state index < -0.39 is 11.9 Å². The minimum atomic E-state index is -0.959. The molecule has 0 spiro atoms. The Morgan fingerprint density at radius 3 is 2.47 bits per heavy atom. The molecule has 94 valence electrons. The largest absolute Gasteiger partial charge is 0.478 e. The zero-order valence-corrected chi connectivity index (χ0v) is 10.4. The predicted molar refractivity (Wildman–Crippen MR) is 61.3 cm³/mol. The van der Waals surface area contributed by atoms with Gasteiger partial charge in [-0.3, -0.25) is 0 Å². The first kappa shape index (κ1) is 12.1. The Morgan fingerprint density at radius 1 is 1.29 bits per heavy atom. The van der Waals surface area contributed by atoms with Crippen molar-refractivity contribution < 1.29 is 19.4 Å². The van der Waals surface area contributed by atoms with E-state index in [1.54, 1.807) is 13.8 Å². The lowest BCUT2D eigenvalue weighted by atomic mass is 9.84. The third-order valence-corrected chi connectivity index (χ3v) is 3.74. The van der Waals surface area contributed by atoms with Crippen molar-refractivity contribution >= 4 is 11.9 Å². The normalized spacial score (nSPS) is 31.2. The Kier molecular flexibility index (Phi) is 2.98. The van der Waals surface area contributed by atoms with Crippen LogP contribution in [0.4, 0.5) is 0 Å². The molecule has 2 bridgehead atoms. The quantitative estimate of drug-likeness (QED) is 0.764. The first-order valence-corrected chi connectivity index (χ1v) is 6.10. The van der Waals surface area contributed by atoms with Gasteiger partial charge in [0.1, 0.15) is 0 Å². The summed E-state index contributed by atoms with van der Waals surface area (Å²) in [6, 6.07) is 0. The third kappa shape index (κ3) is 1.96. The van der Waals surface area contributed by atoms with Crippen LogP contribution in [0.25, 0.3) is 0 Å². The van der Waals surface area contributed by atoms with E-state index >= 15 is 0 Å². The second-order valence-corrected chi connectivity index (χ2v) is 5.34. The van der Waals surface area contributed by atoms with Gasteiger partial charge in [0.15, 0.2) is 0 Å². The van der Waals surface area contributed by atoms with E-state index in [4.69, 9.17) is 4.74 Å². The van der Waals surface area contributed by atoms with Crippen molar-refractivity contribution in [2.24, 2.45) is 17.8 Å². The van der Waals surface area contributed by atoms with Crippen LogP contribution in [0.5, 0.6) is 0 Å². The van der Waals surface area contributed by atoms with Crippen LogP contribution in [-0.2, 0) is 14.3 Å². The van der Waals surface area contributed by atoms with Crippen molar-refractivity contribution in [1.82, 2.24) is 0 Å². The molecule has 2 aliphatic rings. The van der Waals surface area contributed by atoms with Crippen LogP contribution in [0, 0.1) is 17.8 Å². The van der Waals surface area contributed by atoms with E-state index in [0.717, 1.165) is 12.8 Å². The Balaban J connectivity index is 2.32. The molecule has 2 aliphatic carbocycles. The third-order valence-electron chi connectivity index (χ3n) is 3.74. The highest BCUT2D eigenvalue weighted by Gasteiger charge is 2.49.